The summed E-state index contributed by atoms with van der Waals surface area (Å²) in [5.74, 6) is 1.38. The number of carbonyl (C=O) groups excluding carboxylic acids is 1. The smallest absolute Gasteiger partial charge is 0.224 e. The molecule has 0 aliphatic rings. The second kappa shape index (κ2) is 8.37. The molecule has 0 aliphatic carbocycles. The van der Waals surface area contributed by atoms with E-state index in [0.717, 1.165) is 23.3 Å². The standard InChI is InChI=1S/C20H25NO2/c1-15(2)13-19(17-9-11-18(23-3)12-10-17)21-20(22)14-16-7-5-4-6-8-16/h4-12,15,19H,13-14H2,1-3H3,(H,21,22)/t19-/m0/s1. The average molecular weight is 311 g/mol. The zero-order chi connectivity index (χ0) is 16.7. The quantitative estimate of drug-likeness (QED) is 0.834. The van der Waals surface area contributed by atoms with E-state index < -0.39 is 0 Å². The maximum absolute atomic E-state index is 12.4. The Morgan fingerprint density at radius 2 is 1.70 bits per heavy atom. The second-order valence-electron chi connectivity index (χ2n) is 6.19. The maximum atomic E-state index is 12.4. The number of benzene rings is 2. The van der Waals surface area contributed by atoms with E-state index in [1.807, 2.05) is 54.6 Å². The fraction of sp³-hybridized carbons (Fsp3) is 0.350. The third-order valence-electron chi connectivity index (χ3n) is 3.77. The van der Waals surface area contributed by atoms with Crippen LogP contribution in [0.1, 0.15) is 37.4 Å². The van der Waals surface area contributed by atoms with E-state index in [1.165, 1.54) is 0 Å². The summed E-state index contributed by atoms with van der Waals surface area (Å²) >= 11 is 0. The summed E-state index contributed by atoms with van der Waals surface area (Å²) in [4.78, 5) is 12.4. The van der Waals surface area contributed by atoms with Crippen molar-refractivity contribution < 1.29 is 9.53 Å². The Morgan fingerprint density at radius 3 is 2.26 bits per heavy atom. The van der Waals surface area contributed by atoms with Crippen molar-refractivity contribution >= 4 is 5.91 Å². The lowest BCUT2D eigenvalue weighted by Crippen LogP contribution is -2.30. The molecule has 23 heavy (non-hydrogen) atoms. The van der Waals surface area contributed by atoms with Crippen LogP contribution in [0.3, 0.4) is 0 Å². The molecule has 0 saturated carbocycles. The average Bonchev–Trinajstić information content (AvgIpc) is 2.55. The minimum absolute atomic E-state index is 0.0251. The third kappa shape index (κ3) is 5.44. The van der Waals surface area contributed by atoms with Crippen molar-refractivity contribution in [2.75, 3.05) is 7.11 Å². The van der Waals surface area contributed by atoms with Gasteiger partial charge in [-0.15, -0.1) is 0 Å². The highest BCUT2D eigenvalue weighted by molar-refractivity contribution is 5.79. The van der Waals surface area contributed by atoms with Gasteiger partial charge in [0.05, 0.1) is 19.6 Å². The van der Waals surface area contributed by atoms with Gasteiger partial charge in [0.15, 0.2) is 0 Å². The summed E-state index contributed by atoms with van der Waals surface area (Å²) in [6, 6.07) is 17.8. The van der Waals surface area contributed by atoms with Crippen molar-refractivity contribution in [2.24, 2.45) is 5.92 Å². The lowest BCUT2D eigenvalue weighted by Gasteiger charge is -2.21. The van der Waals surface area contributed by atoms with Gasteiger partial charge in [-0.2, -0.15) is 0 Å². The molecular weight excluding hydrogens is 286 g/mol. The van der Waals surface area contributed by atoms with Gasteiger partial charge in [0.25, 0.3) is 0 Å². The molecule has 0 unspecified atom stereocenters. The molecule has 0 radical (unpaired) electrons. The summed E-state index contributed by atoms with van der Waals surface area (Å²) in [5.41, 5.74) is 2.14. The van der Waals surface area contributed by atoms with Gasteiger partial charge >= 0.3 is 0 Å². The van der Waals surface area contributed by atoms with Crippen LogP contribution in [-0.2, 0) is 11.2 Å². The first-order chi connectivity index (χ1) is 11.1. The number of methoxy groups -OCH3 is 1. The van der Waals surface area contributed by atoms with Gasteiger partial charge in [-0.05, 0) is 35.6 Å². The second-order valence-corrected chi connectivity index (χ2v) is 6.19. The van der Waals surface area contributed by atoms with Crippen LogP contribution >= 0.6 is 0 Å². The van der Waals surface area contributed by atoms with E-state index in [4.69, 9.17) is 4.74 Å². The van der Waals surface area contributed by atoms with Crippen LogP contribution in [-0.4, -0.2) is 13.0 Å². The van der Waals surface area contributed by atoms with Crippen molar-refractivity contribution in [1.29, 1.82) is 0 Å². The van der Waals surface area contributed by atoms with E-state index in [1.54, 1.807) is 7.11 Å². The molecule has 0 bridgehead atoms. The minimum atomic E-state index is 0.0251. The normalized spacial score (nSPS) is 12.0. The van der Waals surface area contributed by atoms with Gasteiger partial charge in [0.2, 0.25) is 5.91 Å². The molecule has 3 nitrogen and oxygen atoms in total. The summed E-state index contributed by atoms with van der Waals surface area (Å²) < 4.78 is 5.20. The van der Waals surface area contributed by atoms with Crippen molar-refractivity contribution in [3.05, 3.63) is 65.7 Å². The molecular formula is C20H25NO2. The molecule has 2 rings (SSSR count). The van der Waals surface area contributed by atoms with Gasteiger partial charge in [-0.25, -0.2) is 0 Å². The molecule has 0 aliphatic heterocycles. The van der Waals surface area contributed by atoms with E-state index in [-0.39, 0.29) is 11.9 Å². The summed E-state index contributed by atoms with van der Waals surface area (Å²) in [6.07, 6.45) is 1.32. The number of rotatable bonds is 7. The van der Waals surface area contributed by atoms with Crippen LogP contribution in [0, 0.1) is 5.92 Å². The fourth-order valence-corrected chi connectivity index (χ4v) is 2.61. The lowest BCUT2D eigenvalue weighted by molar-refractivity contribution is -0.121. The van der Waals surface area contributed by atoms with Crippen molar-refractivity contribution in [2.45, 2.75) is 32.7 Å². The molecule has 0 fully saturated rings. The Balaban J connectivity index is 2.06. The van der Waals surface area contributed by atoms with E-state index in [9.17, 15) is 4.79 Å². The van der Waals surface area contributed by atoms with Crippen molar-refractivity contribution in [3.8, 4) is 5.75 Å². The zero-order valence-corrected chi connectivity index (χ0v) is 14.1. The first-order valence-electron chi connectivity index (χ1n) is 8.05. The van der Waals surface area contributed by atoms with Crippen LogP contribution in [0.15, 0.2) is 54.6 Å². The van der Waals surface area contributed by atoms with Crippen molar-refractivity contribution in [3.63, 3.8) is 0 Å². The third-order valence-corrected chi connectivity index (χ3v) is 3.77. The number of amides is 1. The zero-order valence-electron chi connectivity index (χ0n) is 14.1. The number of ether oxygens (including phenoxy) is 1. The molecule has 2 aromatic carbocycles. The Bertz CT molecular complexity index is 605. The SMILES string of the molecule is COc1ccc([C@H](CC(C)C)NC(=O)Cc2ccccc2)cc1. The van der Waals surface area contributed by atoms with Gasteiger partial charge in [0.1, 0.15) is 5.75 Å². The fourth-order valence-electron chi connectivity index (χ4n) is 2.61. The predicted octanol–water partition coefficient (Wildman–Crippen LogP) is 4.14. The highest BCUT2D eigenvalue weighted by atomic mass is 16.5. The molecule has 2 aromatic rings. The topological polar surface area (TPSA) is 38.3 Å². The van der Waals surface area contributed by atoms with Crippen LogP contribution in [0.5, 0.6) is 5.75 Å². The Morgan fingerprint density at radius 1 is 1.04 bits per heavy atom. The molecule has 1 amide bonds. The summed E-state index contributed by atoms with van der Waals surface area (Å²) in [5, 5.41) is 3.17. The van der Waals surface area contributed by atoms with Crippen LogP contribution in [0.4, 0.5) is 0 Å². The van der Waals surface area contributed by atoms with Crippen LogP contribution in [0.25, 0.3) is 0 Å². The molecule has 0 aromatic heterocycles. The van der Waals surface area contributed by atoms with E-state index in [2.05, 4.69) is 19.2 Å². The van der Waals surface area contributed by atoms with Gasteiger partial charge < -0.3 is 10.1 Å². The summed E-state index contributed by atoms with van der Waals surface area (Å²) in [6.45, 7) is 4.33. The molecule has 1 atom stereocenters. The molecule has 0 saturated heterocycles. The van der Waals surface area contributed by atoms with Crippen LogP contribution in [0.2, 0.25) is 0 Å². The Hall–Kier alpha value is -2.29. The molecule has 1 N–H and O–H groups in total. The molecule has 0 spiro atoms. The Labute approximate surface area is 138 Å². The van der Waals surface area contributed by atoms with Crippen molar-refractivity contribution in [1.82, 2.24) is 5.32 Å². The van der Waals surface area contributed by atoms with Gasteiger partial charge in [0, 0.05) is 0 Å². The highest BCUT2D eigenvalue weighted by Gasteiger charge is 2.16. The number of nitrogens with one attached hydrogen (secondary N) is 1. The first kappa shape index (κ1) is 17.1. The molecule has 122 valence electrons. The summed E-state index contributed by atoms with van der Waals surface area (Å²) in [7, 11) is 1.66. The molecule has 3 heteroatoms. The maximum Gasteiger partial charge on any atom is 0.224 e. The van der Waals surface area contributed by atoms with Gasteiger partial charge in [-0.3, -0.25) is 4.79 Å². The van der Waals surface area contributed by atoms with Gasteiger partial charge in [-0.1, -0.05) is 56.3 Å². The van der Waals surface area contributed by atoms with E-state index >= 15 is 0 Å². The predicted molar refractivity (Wildman–Crippen MR) is 93.5 cm³/mol. The Kier molecular flexibility index (Phi) is 6.21. The first-order valence-corrected chi connectivity index (χ1v) is 8.05. The monoisotopic (exact) mass is 311 g/mol. The van der Waals surface area contributed by atoms with E-state index in [0.29, 0.717) is 12.3 Å². The highest BCUT2D eigenvalue weighted by Crippen LogP contribution is 2.23. The lowest BCUT2D eigenvalue weighted by atomic mass is 9.96. The van der Waals surface area contributed by atoms with Crippen LogP contribution < -0.4 is 10.1 Å². The number of carbonyl (C=O) groups is 1. The number of hydrogen-bond acceptors (Lipinski definition) is 2. The largest absolute Gasteiger partial charge is 0.497 e. The molecule has 0 heterocycles. The minimum Gasteiger partial charge on any atom is -0.497 e. The number of hydrogen-bond donors (Lipinski definition) is 1.